The number of aromatic nitrogens is 2. The van der Waals surface area contributed by atoms with E-state index in [4.69, 9.17) is 9.84 Å². The molecule has 1 aromatic heterocycles. The van der Waals surface area contributed by atoms with Crippen molar-refractivity contribution in [3.05, 3.63) is 47.3 Å². The summed E-state index contributed by atoms with van der Waals surface area (Å²) in [4.78, 5) is 10.9. The second kappa shape index (κ2) is 5.56. The predicted molar refractivity (Wildman–Crippen MR) is 70.5 cm³/mol. The lowest BCUT2D eigenvalue weighted by atomic mass is 10.1. The molecule has 1 N–H and O–H groups in total. The highest BCUT2D eigenvalue weighted by Gasteiger charge is 2.07. The van der Waals surface area contributed by atoms with Crippen LogP contribution in [-0.4, -0.2) is 27.5 Å². The average Bonchev–Trinajstić information content (AvgIpc) is 2.75. The Morgan fingerprint density at radius 2 is 2.21 bits per heavy atom. The lowest BCUT2D eigenvalue weighted by Gasteiger charge is -2.08. The fraction of sp³-hybridized carbons (Fsp3) is 0.286. The lowest BCUT2D eigenvalue weighted by molar-refractivity contribution is 0.0696. The molecule has 5 nitrogen and oxygen atoms in total. The molecular weight excluding hydrogens is 244 g/mol. The normalized spacial score (nSPS) is 10.4. The first kappa shape index (κ1) is 13.1. The molecule has 5 heteroatoms. The number of carboxylic acids is 1. The molecule has 0 aliphatic carbocycles. The van der Waals surface area contributed by atoms with Gasteiger partial charge in [0, 0.05) is 25.4 Å². The van der Waals surface area contributed by atoms with Gasteiger partial charge in [-0.1, -0.05) is 0 Å². The van der Waals surface area contributed by atoms with Crippen molar-refractivity contribution in [1.82, 2.24) is 9.78 Å². The van der Waals surface area contributed by atoms with Crippen molar-refractivity contribution in [3.8, 4) is 5.75 Å². The molecule has 1 aromatic carbocycles. The van der Waals surface area contributed by atoms with Gasteiger partial charge in [0.2, 0.25) is 0 Å². The second-order valence-electron chi connectivity index (χ2n) is 4.33. The monoisotopic (exact) mass is 260 g/mol. The Morgan fingerprint density at radius 1 is 1.42 bits per heavy atom. The molecule has 0 saturated carbocycles. The molecule has 0 radical (unpaired) electrons. The summed E-state index contributed by atoms with van der Waals surface area (Å²) < 4.78 is 7.42. The molecule has 0 bridgehead atoms. The third-order valence-electron chi connectivity index (χ3n) is 2.98. The molecular formula is C14H16N2O3. The van der Waals surface area contributed by atoms with Crippen molar-refractivity contribution in [2.45, 2.75) is 13.3 Å². The van der Waals surface area contributed by atoms with E-state index in [9.17, 15) is 4.79 Å². The van der Waals surface area contributed by atoms with Crippen LogP contribution in [0.2, 0.25) is 0 Å². The van der Waals surface area contributed by atoms with Crippen LogP contribution < -0.4 is 4.74 Å². The Morgan fingerprint density at radius 3 is 2.79 bits per heavy atom. The van der Waals surface area contributed by atoms with Crippen molar-refractivity contribution in [3.63, 3.8) is 0 Å². The van der Waals surface area contributed by atoms with Gasteiger partial charge >= 0.3 is 5.97 Å². The zero-order chi connectivity index (χ0) is 13.8. The molecule has 19 heavy (non-hydrogen) atoms. The van der Waals surface area contributed by atoms with Crippen LogP contribution in [0.1, 0.15) is 21.6 Å². The molecule has 0 amide bonds. The average molecular weight is 260 g/mol. The molecule has 0 unspecified atom stereocenters. The van der Waals surface area contributed by atoms with E-state index in [0.717, 1.165) is 12.1 Å². The summed E-state index contributed by atoms with van der Waals surface area (Å²) in [5.74, 6) is -0.233. The van der Waals surface area contributed by atoms with E-state index < -0.39 is 5.97 Å². The van der Waals surface area contributed by atoms with Crippen LogP contribution in [0.15, 0.2) is 30.5 Å². The number of hydrogen-bond donors (Lipinski definition) is 1. The Balaban J connectivity index is 1.95. The summed E-state index contributed by atoms with van der Waals surface area (Å²) in [5, 5.41) is 13.0. The molecule has 0 spiro atoms. The highest BCUT2D eigenvalue weighted by Crippen LogP contribution is 2.17. The van der Waals surface area contributed by atoms with Gasteiger partial charge in [0.1, 0.15) is 5.75 Å². The molecule has 0 atom stereocenters. The van der Waals surface area contributed by atoms with Crippen molar-refractivity contribution in [1.29, 1.82) is 0 Å². The van der Waals surface area contributed by atoms with E-state index >= 15 is 0 Å². The Labute approximate surface area is 111 Å². The van der Waals surface area contributed by atoms with Crippen LogP contribution in [0, 0.1) is 6.92 Å². The Bertz CT molecular complexity index is 590. The van der Waals surface area contributed by atoms with E-state index in [1.807, 2.05) is 17.8 Å². The molecule has 0 aliphatic rings. The second-order valence-corrected chi connectivity index (χ2v) is 4.33. The number of ether oxygens (including phenoxy) is 1. The number of rotatable bonds is 5. The first-order valence-electron chi connectivity index (χ1n) is 6.01. The summed E-state index contributed by atoms with van der Waals surface area (Å²) in [6.45, 7) is 2.29. The van der Waals surface area contributed by atoms with Gasteiger partial charge in [-0.15, -0.1) is 0 Å². The SMILES string of the molecule is Cc1cc(OCCc2ccnn2C)ccc1C(=O)O. The molecule has 0 saturated heterocycles. The van der Waals surface area contributed by atoms with Crippen LogP contribution in [0.4, 0.5) is 0 Å². The van der Waals surface area contributed by atoms with Gasteiger partial charge < -0.3 is 9.84 Å². The van der Waals surface area contributed by atoms with E-state index in [-0.39, 0.29) is 0 Å². The number of aryl methyl sites for hydroxylation is 2. The van der Waals surface area contributed by atoms with Gasteiger partial charge in [0.15, 0.2) is 0 Å². The maximum absolute atomic E-state index is 10.9. The van der Waals surface area contributed by atoms with Gasteiger partial charge in [-0.25, -0.2) is 4.79 Å². The zero-order valence-corrected chi connectivity index (χ0v) is 11.0. The Kier molecular flexibility index (Phi) is 3.85. The van der Waals surface area contributed by atoms with Crippen molar-refractivity contribution in [2.75, 3.05) is 6.61 Å². The number of carboxylic acid groups (broad SMARTS) is 1. The number of hydrogen-bond acceptors (Lipinski definition) is 3. The molecule has 0 fully saturated rings. The maximum atomic E-state index is 10.9. The quantitative estimate of drug-likeness (QED) is 0.893. The van der Waals surface area contributed by atoms with Crippen LogP contribution in [0.3, 0.4) is 0 Å². The maximum Gasteiger partial charge on any atom is 0.335 e. The fourth-order valence-corrected chi connectivity index (χ4v) is 1.89. The van der Waals surface area contributed by atoms with E-state index in [2.05, 4.69) is 5.10 Å². The predicted octanol–water partition coefficient (Wildman–Crippen LogP) is 2.05. The standard InChI is InChI=1S/C14H16N2O3/c1-10-9-12(3-4-13(10)14(17)18)19-8-6-11-5-7-15-16(11)2/h3-5,7,9H,6,8H2,1-2H3,(H,17,18). The van der Waals surface area contributed by atoms with Gasteiger partial charge in [-0.05, 0) is 36.8 Å². The van der Waals surface area contributed by atoms with Crippen LogP contribution >= 0.6 is 0 Å². The van der Waals surface area contributed by atoms with Crippen LogP contribution in [-0.2, 0) is 13.5 Å². The first-order chi connectivity index (χ1) is 9.08. The van der Waals surface area contributed by atoms with Crippen LogP contribution in [0.5, 0.6) is 5.75 Å². The van der Waals surface area contributed by atoms with Crippen molar-refractivity contribution in [2.24, 2.45) is 7.05 Å². The highest BCUT2D eigenvalue weighted by molar-refractivity contribution is 5.89. The molecule has 2 rings (SSSR count). The number of aromatic carboxylic acids is 1. The summed E-state index contributed by atoms with van der Waals surface area (Å²) in [6, 6.07) is 6.94. The zero-order valence-electron chi connectivity index (χ0n) is 11.0. The van der Waals surface area contributed by atoms with Gasteiger partial charge in [-0.3, -0.25) is 4.68 Å². The molecule has 2 aromatic rings. The molecule has 0 aliphatic heterocycles. The van der Waals surface area contributed by atoms with Crippen molar-refractivity contribution >= 4 is 5.97 Å². The number of nitrogens with zero attached hydrogens (tertiary/aromatic N) is 2. The third-order valence-corrected chi connectivity index (χ3v) is 2.98. The van der Waals surface area contributed by atoms with E-state index in [1.165, 1.54) is 0 Å². The third kappa shape index (κ3) is 3.13. The fourth-order valence-electron chi connectivity index (χ4n) is 1.89. The first-order valence-corrected chi connectivity index (χ1v) is 6.01. The summed E-state index contributed by atoms with van der Waals surface area (Å²) in [6.07, 6.45) is 2.51. The van der Waals surface area contributed by atoms with Gasteiger partial charge in [0.05, 0.1) is 12.2 Å². The number of benzene rings is 1. The van der Waals surface area contributed by atoms with Crippen LogP contribution in [0.25, 0.3) is 0 Å². The lowest BCUT2D eigenvalue weighted by Crippen LogP contribution is -2.06. The van der Waals surface area contributed by atoms with E-state index in [1.54, 1.807) is 31.3 Å². The van der Waals surface area contributed by atoms with Gasteiger partial charge in [0.25, 0.3) is 0 Å². The summed E-state index contributed by atoms with van der Waals surface area (Å²) >= 11 is 0. The highest BCUT2D eigenvalue weighted by atomic mass is 16.5. The molecule has 100 valence electrons. The summed E-state index contributed by atoms with van der Waals surface area (Å²) in [7, 11) is 1.89. The number of carbonyl (C=O) groups is 1. The molecule has 1 heterocycles. The largest absolute Gasteiger partial charge is 0.493 e. The van der Waals surface area contributed by atoms with E-state index in [0.29, 0.717) is 23.5 Å². The smallest absolute Gasteiger partial charge is 0.335 e. The minimum Gasteiger partial charge on any atom is -0.493 e. The Hall–Kier alpha value is -2.30. The van der Waals surface area contributed by atoms with Gasteiger partial charge in [-0.2, -0.15) is 5.10 Å². The topological polar surface area (TPSA) is 64.4 Å². The minimum absolute atomic E-state index is 0.305. The summed E-state index contributed by atoms with van der Waals surface area (Å²) in [5.41, 5.74) is 2.10. The van der Waals surface area contributed by atoms with Crippen molar-refractivity contribution < 1.29 is 14.6 Å². The minimum atomic E-state index is -0.918.